The van der Waals surface area contributed by atoms with E-state index < -0.39 is 0 Å². The molecule has 100 valence electrons. The second kappa shape index (κ2) is 4.98. The topological polar surface area (TPSA) is 0 Å². The van der Waals surface area contributed by atoms with Crippen molar-refractivity contribution in [2.24, 2.45) is 0 Å². The highest BCUT2D eigenvalue weighted by Crippen LogP contribution is 2.42. The molecular weight excluding hydrogens is 271 g/mol. The maximum Gasteiger partial charge on any atom is 0.166 e. The number of rotatable bonds is 1. The molecule has 1 atom stereocenters. The average Bonchev–Trinajstić information content (AvgIpc) is 2.89. The Labute approximate surface area is 126 Å². The molecule has 3 aromatic carbocycles. The fourth-order valence-corrected chi connectivity index (χ4v) is 5.42. The van der Waals surface area contributed by atoms with Crippen LogP contribution in [0.3, 0.4) is 0 Å². The molecule has 1 unspecified atom stereocenters. The summed E-state index contributed by atoms with van der Waals surface area (Å²) in [6.45, 7) is 2.19. The molecule has 0 aromatic heterocycles. The fourth-order valence-electron chi connectivity index (χ4n) is 3.19. The third-order valence-electron chi connectivity index (χ3n) is 4.08. The van der Waals surface area contributed by atoms with Gasteiger partial charge in [-0.3, -0.25) is 0 Å². The molecule has 0 saturated carbocycles. The first-order valence-electron chi connectivity index (χ1n) is 7.26. The third kappa shape index (κ3) is 1.87. The molecule has 4 rings (SSSR count). The summed E-state index contributed by atoms with van der Waals surface area (Å²) in [7, 11) is -0.306. The van der Waals surface area contributed by atoms with Crippen LogP contribution in [0.5, 0.6) is 0 Å². The molecule has 0 bridgehead atoms. The van der Waals surface area contributed by atoms with Gasteiger partial charge in [0.15, 0.2) is 18.2 Å². The van der Waals surface area contributed by atoms with Crippen LogP contribution in [-0.2, 0) is 0 Å². The van der Waals surface area contributed by atoms with Crippen LogP contribution >= 0.6 is 7.55 Å². The van der Waals surface area contributed by atoms with E-state index >= 15 is 0 Å². The Balaban J connectivity index is 2.08. The summed E-state index contributed by atoms with van der Waals surface area (Å²) in [5, 5.41) is 2.99. The van der Waals surface area contributed by atoms with Crippen LogP contribution in [0, 0.1) is 0 Å². The number of hydrogen-bond acceptors (Lipinski definition) is 0. The number of fused-ring (bicyclic) bond motifs is 3. The quantitative estimate of drug-likeness (QED) is 0.449. The van der Waals surface area contributed by atoms with Gasteiger partial charge in [0.1, 0.15) is 0 Å². The van der Waals surface area contributed by atoms with Crippen LogP contribution < -0.4 is 10.6 Å². The fraction of sp³-hybridized carbons (Fsp3) is 0.0500. The van der Waals surface area contributed by atoms with E-state index in [1.165, 1.54) is 32.9 Å². The zero-order chi connectivity index (χ0) is 14.2. The molecule has 3 aromatic rings. The van der Waals surface area contributed by atoms with Crippen LogP contribution in [0.25, 0.3) is 22.3 Å². The second-order valence-corrected chi connectivity index (χ2v) is 7.43. The molecule has 0 nitrogen and oxygen atoms in total. The van der Waals surface area contributed by atoms with Crippen molar-refractivity contribution in [3.8, 4) is 22.3 Å². The lowest BCUT2D eigenvalue weighted by molar-refractivity contribution is 1.63. The number of hydrogen-bond donors (Lipinski definition) is 0. The van der Waals surface area contributed by atoms with Crippen molar-refractivity contribution in [2.75, 3.05) is 0 Å². The van der Waals surface area contributed by atoms with Gasteiger partial charge in [-0.15, -0.1) is 0 Å². The summed E-state index contributed by atoms with van der Waals surface area (Å²) >= 11 is 0. The highest BCUT2D eigenvalue weighted by atomic mass is 31.1. The minimum absolute atomic E-state index is 0.306. The Morgan fingerprint density at radius 3 is 2.14 bits per heavy atom. The summed E-state index contributed by atoms with van der Waals surface area (Å²) in [6.07, 6.45) is 0. The predicted molar refractivity (Wildman–Crippen MR) is 95.2 cm³/mol. The first kappa shape index (κ1) is 12.6. The summed E-state index contributed by atoms with van der Waals surface area (Å²) in [5.41, 5.74) is 5.50. The Bertz CT molecular complexity index is 845. The maximum absolute atomic E-state index is 2.37. The van der Waals surface area contributed by atoms with Gasteiger partial charge < -0.3 is 0 Å². The average molecular weight is 287 g/mol. The summed E-state index contributed by atoms with van der Waals surface area (Å²) in [5.74, 6) is 2.37. The van der Waals surface area contributed by atoms with E-state index in [-0.39, 0.29) is 7.55 Å². The molecule has 0 spiro atoms. The Kier molecular flexibility index (Phi) is 2.98. The molecule has 1 heteroatoms. The van der Waals surface area contributed by atoms with Crippen molar-refractivity contribution in [1.29, 1.82) is 0 Å². The molecule has 0 amide bonds. The Morgan fingerprint density at radius 1 is 0.667 bits per heavy atom. The molecule has 0 aliphatic carbocycles. The van der Waals surface area contributed by atoms with E-state index in [2.05, 4.69) is 85.5 Å². The second-order valence-electron chi connectivity index (χ2n) is 5.21. The van der Waals surface area contributed by atoms with E-state index in [4.69, 9.17) is 0 Å². The van der Waals surface area contributed by atoms with Crippen molar-refractivity contribution in [3.05, 3.63) is 72.8 Å². The molecule has 0 saturated heterocycles. The van der Waals surface area contributed by atoms with Crippen molar-refractivity contribution < 1.29 is 0 Å². The Hall–Kier alpha value is -2.17. The van der Waals surface area contributed by atoms with Gasteiger partial charge in [-0.25, -0.2) is 0 Å². The first-order chi connectivity index (χ1) is 10.4. The molecule has 0 N–H and O–H groups in total. The molecular formula is C20H16P+. The van der Waals surface area contributed by atoms with Crippen LogP contribution in [0.2, 0.25) is 0 Å². The van der Waals surface area contributed by atoms with Crippen molar-refractivity contribution in [3.63, 3.8) is 0 Å². The largest absolute Gasteiger partial charge is 0.166 e. The van der Waals surface area contributed by atoms with Crippen LogP contribution in [0.15, 0.2) is 72.8 Å². The number of benzene rings is 3. The standard InChI is InChI=1S/C20H16P/c1-2-21-18-13-7-6-11-17(18)20-16(12-8-14-19(20)21)15-9-4-3-5-10-15/h2-14H,1H3/q+1. The van der Waals surface area contributed by atoms with Gasteiger partial charge >= 0.3 is 0 Å². The lowest BCUT2D eigenvalue weighted by Gasteiger charge is -2.06. The van der Waals surface area contributed by atoms with E-state index in [9.17, 15) is 0 Å². The highest BCUT2D eigenvalue weighted by molar-refractivity contribution is 7.73. The van der Waals surface area contributed by atoms with Gasteiger partial charge in [0.05, 0.1) is 5.80 Å². The van der Waals surface area contributed by atoms with E-state index in [1.54, 1.807) is 0 Å². The van der Waals surface area contributed by atoms with Gasteiger partial charge in [0, 0.05) is 11.1 Å². The normalized spacial score (nSPS) is 14.0. The monoisotopic (exact) mass is 287 g/mol. The molecule has 1 aliphatic heterocycles. The van der Waals surface area contributed by atoms with Gasteiger partial charge in [0.2, 0.25) is 0 Å². The Morgan fingerprint density at radius 2 is 1.33 bits per heavy atom. The van der Waals surface area contributed by atoms with E-state index in [0.717, 1.165) is 0 Å². The zero-order valence-corrected chi connectivity index (χ0v) is 12.8. The lowest BCUT2D eigenvalue weighted by atomic mass is 9.95. The van der Waals surface area contributed by atoms with Crippen molar-refractivity contribution >= 4 is 24.0 Å². The van der Waals surface area contributed by atoms with E-state index in [0.29, 0.717) is 0 Å². The molecule has 0 radical (unpaired) electrons. The minimum Gasteiger partial charge on any atom is -0.0622 e. The molecule has 1 aliphatic rings. The summed E-state index contributed by atoms with van der Waals surface area (Å²) < 4.78 is 0. The maximum atomic E-state index is 2.37. The van der Waals surface area contributed by atoms with Crippen LogP contribution in [0.4, 0.5) is 0 Å². The molecule has 1 heterocycles. The molecule has 21 heavy (non-hydrogen) atoms. The van der Waals surface area contributed by atoms with Gasteiger partial charge in [-0.05, 0) is 36.2 Å². The minimum atomic E-state index is -0.306. The summed E-state index contributed by atoms with van der Waals surface area (Å²) in [6, 6.07) is 26.3. The SMILES string of the molecule is CC=[P+]1c2ccccc2-c2c(-c3ccccc3)cccc21. The highest BCUT2D eigenvalue weighted by Gasteiger charge is 2.34. The van der Waals surface area contributed by atoms with Gasteiger partial charge in [0.25, 0.3) is 0 Å². The van der Waals surface area contributed by atoms with Gasteiger partial charge in [-0.2, -0.15) is 0 Å². The third-order valence-corrected chi connectivity index (χ3v) is 6.40. The smallest absolute Gasteiger partial charge is 0.0622 e. The molecule has 0 fully saturated rings. The lowest BCUT2D eigenvalue weighted by Crippen LogP contribution is -2.00. The van der Waals surface area contributed by atoms with E-state index in [1.807, 2.05) is 0 Å². The van der Waals surface area contributed by atoms with Crippen molar-refractivity contribution in [2.45, 2.75) is 6.92 Å². The predicted octanol–water partition coefficient (Wildman–Crippen LogP) is 4.59. The van der Waals surface area contributed by atoms with Crippen LogP contribution in [0.1, 0.15) is 6.92 Å². The zero-order valence-electron chi connectivity index (χ0n) is 12.0. The van der Waals surface area contributed by atoms with Crippen LogP contribution in [-0.4, -0.2) is 5.80 Å². The van der Waals surface area contributed by atoms with Crippen molar-refractivity contribution in [1.82, 2.24) is 0 Å². The summed E-state index contributed by atoms with van der Waals surface area (Å²) in [4.78, 5) is 0. The van der Waals surface area contributed by atoms with Gasteiger partial charge in [-0.1, -0.05) is 54.6 Å². The first-order valence-corrected chi connectivity index (χ1v) is 8.68.